The fourth-order valence-electron chi connectivity index (χ4n) is 4.85. The van der Waals surface area contributed by atoms with Crippen molar-refractivity contribution in [1.29, 1.82) is 0 Å². The lowest BCUT2D eigenvalue weighted by Crippen LogP contribution is -2.38. The Hall–Kier alpha value is -3.67. The highest BCUT2D eigenvalue weighted by atomic mass is 35.5. The monoisotopic (exact) mass is 569 g/mol. The Balaban J connectivity index is 1.52. The smallest absolute Gasteiger partial charge is 0.410 e. The SMILES string of the molecule is CC(C)(C)OC(=O)N1CCCC1c1nc2cccc(Cl)c2c(=O)n1-c1cccc(NC(=O)NCC2OCCO2)c1. The van der Waals surface area contributed by atoms with Crippen LogP contribution in [-0.2, 0) is 14.2 Å². The number of urea groups is 1. The molecule has 1 atom stereocenters. The Morgan fingerprint density at radius 1 is 1.15 bits per heavy atom. The van der Waals surface area contributed by atoms with E-state index in [4.69, 9.17) is 30.8 Å². The molecule has 1 aromatic heterocycles. The summed E-state index contributed by atoms with van der Waals surface area (Å²) in [6, 6.07) is 11.0. The van der Waals surface area contributed by atoms with E-state index in [0.717, 1.165) is 6.42 Å². The van der Waals surface area contributed by atoms with Crippen LogP contribution in [0.15, 0.2) is 47.3 Å². The van der Waals surface area contributed by atoms with Gasteiger partial charge in [-0.3, -0.25) is 14.3 Å². The molecule has 2 saturated heterocycles. The molecule has 3 heterocycles. The first-order valence-electron chi connectivity index (χ1n) is 13.2. The maximum atomic E-state index is 14.0. The molecular formula is C28H32ClN5O6. The van der Waals surface area contributed by atoms with Gasteiger partial charge < -0.3 is 24.8 Å². The minimum Gasteiger partial charge on any atom is -0.444 e. The molecule has 1 unspecified atom stereocenters. The maximum Gasteiger partial charge on any atom is 0.410 e. The molecule has 40 heavy (non-hydrogen) atoms. The lowest BCUT2D eigenvalue weighted by Gasteiger charge is -2.29. The Bertz CT molecular complexity index is 1480. The number of hydrogen-bond acceptors (Lipinski definition) is 7. The summed E-state index contributed by atoms with van der Waals surface area (Å²) in [5, 5.41) is 6.03. The van der Waals surface area contributed by atoms with Gasteiger partial charge in [-0.1, -0.05) is 23.7 Å². The van der Waals surface area contributed by atoms with E-state index in [2.05, 4.69) is 10.6 Å². The molecule has 0 spiro atoms. The molecule has 5 rings (SSSR count). The van der Waals surface area contributed by atoms with E-state index in [1.165, 1.54) is 4.57 Å². The first-order chi connectivity index (χ1) is 19.1. The van der Waals surface area contributed by atoms with Gasteiger partial charge in [-0.2, -0.15) is 0 Å². The van der Waals surface area contributed by atoms with Gasteiger partial charge in [-0.25, -0.2) is 14.6 Å². The zero-order valence-corrected chi connectivity index (χ0v) is 23.4. The number of amides is 3. The molecule has 12 heteroatoms. The molecule has 0 saturated carbocycles. The van der Waals surface area contributed by atoms with Crippen LogP contribution in [0, 0.1) is 0 Å². The lowest BCUT2D eigenvalue weighted by molar-refractivity contribution is -0.0369. The fourth-order valence-corrected chi connectivity index (χ4v) is 5.10. The second-order valence-corrected chi connectivity index (χ2v) is 11.0. The second kappa shape index (κ2) is 11.4. The number of fused-ring (bicyclic) bond motifs is 1. The van der Waals surface area contributed by atoms with Crippen molar-refractivity contribution in [1.82, 2.24) is 19.8 Å². The normalized spacial score (nSPS) is 17.8. The number of rotatable bonds is 5. The van der Waals surface area contributed by atoms with E-state index in [0.29, 0.717) is 48.9 Å². The van der Waals surface area contributed by atoms with Crippen LogP contribution >= 0.6 is 11.6 Å². The fraction of sp³-hybridized carbons (Fsp3) is 0.429. The highest BCUT2D eigenvalue weighted by molar-refractivity contribution is 6.35. The van der Waals surface area contributed by atoms with Gasteiger partial charge in [-0.15, -0.1) is 0 Å². The molecule has 2 aliphatic heterocycles. The quantitative estimate of drug-likeness (QED) is 0.460. The van der Waals surface area contributed by atoms with Gasteiger partial charge >= 0.3 is 12.1 Å². The van der Waals surface area contributed by atoms with Gasteiger partial charge in [0.15, 0.2) is 6.29 Å². The van der Waals surface area contributed by atoms with Gasteiger partial charge in [0.1, 0.15) is 11.4 Å². The number of carbonyl (C=O) groups is 2. The number of halogens is 1. The first kappa shape index (κ1) is 27.9. The summed E-state index contributed by atoms with van der Waals surface area (Å²) >= 11 is 6.45. The van der Waals surface area contributed by atoms with Crippen LogP contribution in [0.5, 0.6) is 0 Å². The first-order valence-corrected chi connectivity index (χ1v) is 13.6. The topological polar surface area (TPSA) is 124 Å². The van der Waals surface area contributed by atoms with Crippen LogP contribution in [0.4, 0.5) is 15.3 Å². The third-order valence-corrected chi connectivity index (χ3v) is 6.85. The van der Waals surface area contributed by atoms with Crippen LogP contribution in [0.2, 0.25) is 5.02 Å². The Morgan fingerprint density at radius 2 is 1.90 bits per heavy atom. The average molecular weight is 570 g/mol. The molecule has 2 fully saturated rings. The van der Waals surface area contributed by atoms with E-state index in [1.807, 2.05) is 20.8 Å². The zero-order chi connectivity index (χ0) is 28.4. The summed E-state index contributed by atoms with van der Waals surface area (Å²) in [6.45, 7) is 7.08. The van der Waals surface area contributed by atoms with Crippen molar-refractivity contribution < 1.29 is 23.8 Å². The van der Waals surface area contributed by atoms with Crippen molar-refractivity contribution in [2.24, 2.45) is 0 Å². The molecule has 3 amide bonds. The average Bonchev–Trinajstić information content (AvgIpc) is 3.59. The van der Waals surface area contributed by atoms with Crippen molar-refractivity contribution in [3.8, 4) is 5.69 Å². The van der Waals surface area contributed by atoms with Crippen molar-refractivity contribution >= 4 is 40.3 Å². The molecule has 2 aromatic carbocycles. The minimum absolute atomic E-state index is 0.199. The predicted molar refractivity (Wildman–Crippen MR) is 150 cm³/mol. The molecular weight excluding hydrogens is 538 g/mol. The van der Waals surface area contributed by atoms with Crippen molar-refractivity contribution in [3.63, 3.8) is 0 Å². The number of anilines is 1. The molecule has 0 bridgehead atoms. The Morgan fingerprint density at radius 3 is 2.65 bits per heavy atom. The predicted octanol–water partition coefficient (Wildman–Crippen LogP) is 4.61. The van der Waals surface area contributed by atoms with Crippen LogP contribution in [0.25, 0.3) is 16.6 Å². The Labute approximate surface area is 236 Å². The molecule has 0 radical (unpaired) electrons. The van der Waals surface area contributed by atoms with Crippen LogP contribution in [-0.4, -0.2) is 64.8 Å². The molecule has 2 N–H and O–H groups in total. The number of benzene rings is 2. The van der Waals surface area contributed by atoms with Gasteiger partial charge in [-0.05, 0) is 63.9 Å². The van der Waals surface area contributed by atoms with Gasteiger partial charge in [0.25, 0.3) is 5.56 Å². The van der Waals surface area contributed by atoms with E-state index in [9.17, 15) is 14.4 Å². The van der Waals surface area contributed by atoms with E-state index < -0.39 is 30.1 Å². The summed E-state index contributed by atoms with van der Waals surface area (Å²) in [5.41, 5.74) is 0.301. The number of carbonyl (C=O) groups excluding carboxylic acids is 2. The largest absolute Gasteiger partial charge is 0.444 e. The van der Waals surface area contributed by atoms with Gasteiger partial charge in [0.05, 0.1) is 47.4 Å². The van der Waals surface area contributed by atoms with E-state index in [-0.39, 0.29) is 22.5 Å². The lowest BCUT2D eigenvalue weighted by atomic mass is 10.1. The van der Waals surface area contributed by atoms with Crippen molar-refractivity contribution in [3.05, 3.63) is 63.7 Å². The van der Waals surface area contributed by atoms with Crippen LogP contribution < -0.4 is 16.2 Å². The Kier molecular flexibility index (Phi) is 7.97. The van der Waals surface area contributed by atoms with Gasteiger partial charge in [0.2, 0.25) is 0 Å². The van der Waals surface area contributed by atoms with Gasteiger partial charge in [0, 0.05) is 12.2 Å². The molecule has 2 aliphatic rings. The number of hydrogen-bond donors (Lipinski definition) is 2. The highest BCUT2D eigenvalue weighted by Gasteiger charge is 2.36. The summed E-state index contributed by atoms with van der Waals surface area (Å²) < 4.78 is 17.8. The van der Waals surface area contributed by atoms with Crippen molar-refractivity contribution in [2.45, 2.75) is 51.5 Å². The standard InChI is InChI=1S/C28H32ClN5O6/c1-28(2,3)40-27(37)33-12-6-11-21(33)24-32-20-10-5-9-19(29)23(20)25(35)34(24)18-8-4-7-17(15-18)31-26(36)30-16-22-38-13-14-39-22/h4-5,7-10,15,21-22H,6,11-14,16H2,1-3H3,(H2,30,31,36). The number of nitrogens with one attached hydrogen (secondary N) is 2. The zero-order valence-electron chi connectivity index (χ0n) is 22.6. The van der Waals surface area contributed by atoms with Crippen molar-refractivity contribution in [2.75, 3.05) is 31.6 Å². The summed E-state index contributed by atoms with van der Waals surface area (Å²) in [4.78, 5) is 46.1. The summed E-state index contributed by atoms with van der Waals surface area (Å²) in [5.74, 6) is 0.389. The second-order valence-electron chi connectivity index (χ2n) is 10.6. The number of aromatic nitrogens is 2. The summed E-state index contributed by atoms with van der Waals surface area (Å²) in [7, 11) is 0. The number of nitrogens with zero attached hydrogens (tertiary/aromatic N) is 3. The number of likely N-dealkylation sites (tertiary alicyclic amines) is 1. The molecule has 3 aromatic rings. The van der Waals surface area contributed by atoms with E-state index >= 15 is 0 Å². The van der Waals surface area contributed by atoms with Crippen LogP contribution in [0.1, 0.15) is 45.5 Å². The highest BCUT2D eigenvalue weighted by Crippen LogP contribution is 2.34. The van der Waals surface area contributed by atoms with E-state index in [1.54, 1.807) is 47.4 Å². The molecule has 11 nitrogen and oxygen atoms in total. The third-order valence-electron chi connectivity index (χ3n) is 6.53. The maximum absolute atomic E-state index is 14.0. The van der Waals surface area contributed by atoms with Crippen LogP contribution in [0.3, 0.4) is 0 Å². The molecule has 212 valence electrons. The minimum atomic E-state index is -0.676. The molecule has 0 aliphatic carbocycles. The third kappa shape index (κ3) is 6.06. The number of ether oxygens (including phenoxy) is 3. The summed E-state index contributed by atoms with van der Waals surface area (Å²) in [6.07, 6.45) is 0.378.